The van der Waals surface area contributed by atoms with Gasteiger partial charge in [-0.1, -0.05) is 29.3 Å². The summed E-state index contributed by atoms with van der Waals surface area (Å²) in [6.07, 6.45) is 1.20. The van der Waals surface area contributed by atoms with Gasteiger partial charge in [-0.15, -0.1) is 0 Å². The van der Waals surface area contributed by atoms with Crippen LogP contribution in [-0.4, -0.2) is 35.0 Å². The number of aliphatic hydroxyl groups is 1. The lowest BCUT2D eigenvalue weighted by Crippen LogP contribution is -2.42. The molecule has 3 N–H and O–H groups in total. The normalized spacial score (nSPS) is 21.5. The Kier molecular flexibility index (Phi) is 4.22. The molecule has 1 fully saturated rings. The fourth-order valence-electron chi connectivity index (χ4n) is 2.90. The van der Waals surface area contributed by atoms with Gasteiger partial charge < -0.3 is 10.8 Å². The van der Waals surface area contributed by atoms with Crippen molar-refractivity contribution in [3.05, 3.63) is 34.9 Å². The average molecular weight is 262 g/mol. The number of carbonyl (C=O) groups excluding carboxylic acids is 1. The van der Waals surface area contributed by atoms with Crippen LogP contribution < -0.4 is 5.73 Å². The third kappa shape index (κ3) is 3.33. The van der Waals surface area contributed by atoms with E-state index in [1.54, 1.807) is 0 Å². The molecule has 1 aliphatic rings. The topological polar surface area (TPSA) is 66.6 Å². The monoisotopic (exact) mass is 262 g/mol. The van der Waals surface area contributed by atoms with Gasteiger partial charge in [-0.2, -0.15) is 0 Å². The second kappa shape index (κ2) is 5.72. The second-order valence-electron chi connectivity index (χ2n) is 5.49. The number of β-amino-alcohol motifs (C(OH)–C–C–N with tert-alkyl or cyclic N) is 1. The van der Waals surface area contributed by atoms with Gasteiger partial charge in [0.05, 0.1) is 12.1 Å². The van der Waals surface area contributed by atoms with Gasteiger partial charge >= 0.3 is 0 Å². The van der Waals surface area contributed by atoms with Crippen LogP contribution in [0.25, 0.3) is 0 Å². The molecule has 2 atom stereocenters. The molecule has 1 saturated heterocycles. The Hall–Kier alpha value is -1.39. The maximum absolute atomic E-state index is 11.3. The first-order valence-corrected chi connectivity index (χ1v) is 6.77. The lowest BCUT2D eigenvalue weighted by Gasteiger charge is -2.25. The maximum atomic E-state index is 11.3. The van der Waals surface area contributed by atoms with Crippen molar-refractivity contribution in [3.63, 3.8) is 0 Å². The summed E-state index contributed by atoms with van der Waals surface area (Å²) in [5.41, 5.74) is 8.58. The van der Waals surface area contributed by atoms with Crippen LogP contribution in [0.4, 0.5) is 0 Å². The Morgan fingerprint density at radius 2 is 2.05 bits per heavy atom. The van der Waals surface area contributed by atoms with Crippen LogP contribution in [0.1, 0.15) is 35.6 Å². The lowest BCUT2D eigenvalue weighted by atomic mass is 10.0. The molecule has 4 nitrogen and oxygen atoms in total. The van der Waals surface area contributed by atoms with Crippen molar-refractivity contribution in [3.8, 4) is 0 Å². The largest absolute Gasteiger partial charge is 0.387 e. The highest BCUT2D eigenvalue weighted by Crippen LogP contribution is 2.23. The minimum absolute atomic E-state index is 0.222. The van der Waals surface area contributed by atoms with Gasteiger partial charge in [0, 0.05) is 6.54 Å². The highest BCUT2D eigenvalue weighted by Gasteiger charge is 2.30. The summed E-state index contributed by atoms with van der Waals surface area (Å²) in [5.74, 6) is -0.287. The first-order chi connectivity index (χ1) is 8.97. The van der Waals surface area contributed by atoms with E-state index in [-0.39, 0.29) is 11.9 Å². The van der Waals surface area contributed by atoms with Crippen LogP contribution in [0.3, 0.4) is 0 Å². The zero-order chi connectivity index (χ0) is 14.0. The molecule has 2 unspecified atom stereocenters. The number of benzene rings is 1. The zero-order valence-electron chi connectivity index (χ0n) is 11.6. The molecule has 0 aliphatic carbocycles. The van der Waals surface area contributed by atoms with Crippen molar-refractivity contribution in [1.82, 2.24) is 4.90 Å². The number of aryl methyl sites for hydroxylation is 2. The number of aliphatic hydroxyl groups excluding tert-OH is 1. The van der Waals surface area contributed by atoms with Gasteiger partial charge in [0.2, 0.25) is 5.91 Å². The third-order valence-corrected chi connectivity index (χ3v) is 3.73. The van der Waals surface area contributed by atoms with E-state index in [1.165, 1.54) is 0 Å². The number of primary amides is 1. The van der Waals surface area contributed by atoms with E-state index < -0.39 is 6.10 Å². The van der Waals surface area contributed by atoms with Gasteiger partial charge in [-0.05, 0) is 38.8 Å². The molecule has 0 saturated carbocycles. The molecule has 0 aromatic heterocycles. The predicted molar refractivity (Wildman–Crippen MR) is 74.7 cm³/mol. The number of nitrogens with zero attached hydrogens (tertiary/aromatic N) is 1. The van der Waals surface area contributed by atoms with Crippen molar-refractivity contribution < 1.29 is 9.90 Å². The van der Waals surface area contributed by atoms with E-state index in [2.05, 4.69) is 6.07 Å². The van der Waals surface area contributed by atoms with E-state index >= 15 is 0 Å². The molecular weight excluding hydrogens is 240 g/mol. The summed E-state index contributed by atoms with van der Waals surface area (Å²) in [4.78, 5) is 13.3. The fraction of sp³-hybridized carbons (Fsp3) is 0.533. The van der Waals surface area contributed by atoms with Gasteiger partial charge in [-0.3, -0.25) is 9.69 Å². The van der Waals surface area contributed by atoms with Crippen LogP contribution in [-0.2, 0) is 4.79 Å². The highest BCUT2D eigenvalue weighted by molar-refractivity contribution is 5.80. The third-order valence-electron chi connectivity index (χ3n) is 3.73. The molecule has 4 heteroatoms. The molecular formula is C15H22N2O2. The summed E-state index contributed by atoms with van der Waals surface area (Å²) in [7, 11) is 0. The van der Waals surface area contributed by atoms with Crippen molar-refractivity contribution in [2.75, 3.05) is 13.1 Å². The van der Waals surface area contributed by atoms with Crippen molar-refractivity contribution in [2.45, 2.75) is 38.8 Å². The summed E-state index contributed by atoms with van der Waals surface area (Å²) < 4.78 is 0. The van der Waals surface area contributed by atoms with Gasteiger partial charge in [0.25, 0.3) is 0 Å². The molecule has 0 bridgehead atoms. The summed E-state index contributed by atoms with van der Waals surface area (Å²) in [6, 6.07) is 5.85. The zero-order valence-corrected chi connectivity index (χ0v) is 11.6. The average Bonchev–Trinajstić information content (AvgIpc) is 2.75. The smallest absolute Gasteiger partial charge is 0.234 e. The second-order valence-corrected chi connectivity index (χ2v) is 5.49. The Morgan fingerprint density at radius 3 is 2.63 bits per heavy atom. The number of rotatable bonds is 4. The summed E-state index contributed by atoms with van der Waals surface area (Å²) in [6.45, 7) is 5.34. The van der Waals surface area contributed by atoms with E-state index in [0.717, 1.165) is 36.1 Å². The molecule has 2 rings (SSSR count). The van der Waals surface area contributed by atoms with E-state index in [4.69, 9.17) is 5.73 Å². The van der Waals surface area contributed by atoms with Crippen molar-refractivity contribution in [2.24, 2.45) is 5.73 Å². The first-order valence-electron chi connectivity index (χ1n) is 6.77. The number of hydrogen-bond donors (Lipinski definition) is 2. The fourth-order valence-corrected chi connectivity index (χ4v) is 2.90. The minimum atomic E-state index is -0.571. The van der Waals surface area contributed by atoms with E-state index in [1.807, 2.05) is 30.9 Å². The molecule has 1 aliphatic heterocycles. The van der Waals surface area contributed by atoms with Crippen LogP contribution >= 0.6 is 0 Å². The summed E-state index contributed by atoms with van der Waals surface area (Å²) >= 11 is 0. The first kappa shape index (κ1) is 14.0. The van der Waals surface area contributed by atoms with Crippen LogP contribution in [0, 0.1) is 13.8 Å². The molecule has 0 radical (unpaired) electrons. The Morgan fingerprint density at radius 1 is 1.42 bits per heavy atom. The van der Waals surface area contributed by atoms with Crippen LogP contribution in [0.2, 0.25) is 0 Å². The van der Waals surface area contributed by atoms with Crippen LogP contribution in [0.15, 0.2) is 18.2 Å². The lowest BCUT2D eigenvalue weighted by molar-refractivity contribution is -0.122. The van der Waals surface area contributed by atoms with E-state index in [9.17, 15) is 9.90 Å². The van der Waals surface area contributed by atoms with Crippen molar-refractivity contribution in [1.29, 1.82) is 0 Å². The quantitative estimate of drug-likeness (QED) is 0.859. The molecule has 1 aromatic carbocycles. The molecule has 1 heterocycles. The number of carbonyl (C=O) groups is 1. The van der Waals surface area contributed by atoms with Crippen molar-refractivity contribution >= 4 is 5.91 Å². The molecule has 1 amide bonds. The Bertz CT molecular complexity index is 453. The molecule has 0 spiro atoms. The standard InChI is InChI=1S/C15H22N2O2/c1-10-6-11(2)8-12(7-10)14(18)9-17-5-3-4-13(17)15(16)19/h6-8,13-14,18H,3-5,9H2,1-2H3,(H2,16,19). The molecule has 19 heavy (non-hydrogen) atoms. The molecule has 104 valence electrons. The van der Waals surface area contributed by atoms with Gasteiger partial charge in [0.15, 0.2) is 0 Å². The van der Waals surface area contributed by atoms with E-state index in [0.29, 0.717) is 6.54 Å². The Balaban J connectivity index is 2.08. The number of nitrogens with two attached hydrogens (primary N) is 1. The Labute approximate surface area is 114 Å². The maximum Gasteiger partial charge on any atom is 0.234 e. The van der Waals surface area contributed by atoms with Crippen LogP contribution in [0.5, 0.6) is 0 Å². The number of amides is 1. The predicted octanol–water partition coefficient (Wildman–Crippen LogP) is 1.29. The number of likely N-dealkylation sites (tertiary alicyclic amines) is 1. The summed E-state index contributed by atoms with van der Waals surface area (Å²) in [5, 5.41) is 10.3. The minimum Gasteiger partial charge on any atom is -0.387 e. The van der Waals surface area contributed by atoms with Gasteiger partial charge in [0.1, 0.15) is 0 Å². The number of hydrogen-bond acceptors (Lipinski definition) is 3. The van der Waals surface area contributed by atoms with Gasteiger partial charge in [-0.25, -0.2) is 0 Å². The molecule has 1 aromatic rings. The highest BCUT2D eigenvalue weighted by atomic mass is 16.3. The SMILES string of the molecule is Cc1cc(C)cc(C(O)CN2CCCC2C(N)=O)c1.